The van der Waals surface area contributed by atoms with Crippen molar-refractivity contribution in [1.82, 2.24) is 10.2 Å². The lowest BCUT2D eigenvalue weighted by molar-refractivity contribution is -0.145. The molecular formula is C9H16N2O3. The average molecular weight is 200 g/mol. The van der Waals surface area contributed by atoms with E-state index in [1.54, 1.807) is 18.9 Å². The molecule has 0 aliphatic carbocycles. The highest BCUT2D eigenvalue weighted by Gasteiger charge is 2.41. The third kappa shape index (κ3) is 1.93. The first kappa shape index (κ1) is 11.1. The zero-order valence-electron chi connectivity index (χ0n) is 8.54. The van der Waals surface area contributed by atoms with Crippen LogP contribution in [0.5, 0.6) is 0 Å². The fraction of sp³-hybridized carbons (Fsp3) is 0.778. The predicted molar refractivity (Wildman–Crippen MR) is 50.5 cm³/mol. The van der Waals surface area contributed by atoms with Crippen LogP contribution >= 0.6 is 0 Å². The summed E-state index contributed by atoms with van der Waals surface area (Å²) in [7, 11) is 1.74. The van der Waals surface area contributed by atoms with Gasteiger partial charge in [-0.25, -0.2) is 0 Å². The van der Waals surface area contributed by atoms with E-state index in [2.05, 4.69) is 5.32 Å². The van der Waals surface area contributed by atoms with Crippen molar-refractivity contribution in [3.05, 3.63) is 0 Å². The molecule has 0 radical (unpaired) electrons. The summed E-state index contributed by atoms with van der Waals surface area (Å²) in [6.45, 7) is 2.07. The molecule has 0 saturated carbocycles. The summed E-state index contributed by atoms with van der Waals surface area (Å²) in [6, 6.07) is 0. The molecule has 1 atom stereocenters. The zero-order valence-corrected chi connectivity index (χ0v) is 8.54. The summed E-state index contributed by atoms with van der Waals surface area (Å²) in [5, 5.41) is 11.0. The minimum Gasteiger partial charge on any atom is -0.396 e. The van der Waals surface area contributed by atoms with Gasteiger partial charge < -0.3 is 5.11 Å². The molecule has 1 saturated heterocycles. The molecule has 0 aromatic carbocycles. The summed E-state index contributed by atoms with van der Waals surface area (Å²) in [4.78, 5) is 24.3. The lowest BCUT2D eigenvalue weighted by atomic mass is 9.91. The minimum atomic E-state index is -0.670. The number of hydrogen-bond donors (Lipinski definition) is 2. The first-order valence-electron chi connectivity index (χ1n) is 4.67. The Morgan fingerprint density at radius 2 is 2.21 bits per heavy atom. The number of hydrogen-bond acceptors (Lipinski definition) is 4. The number of nitrogens with one attached hydrogen (secondary N) is 1. The summed E-state index contributed by atoms with van der Waals surface area (Å²) in [6.07, 6.45) is 1.11. The number of carbonyl (C=O) groups is 2. The first-order valence-corrected chi connectivity index (χ1v) is 4.67. The normalized spacial score (nSPS) is 29.1. The summed E-state index contributed by atoms with van der Waals surface area (Å²) < 4.78 is 0. The van der Waals surface area contributed by atoms with Crippen LogP contribution in [0.2, 0.25) is 0 Å². The van der Waals surface area contributed by atoms with Crippen LogP contribution in [-0.2, 0) is 9.59 Å². The van der Waals surface area contributed by atoms with Crippen LogP contribution in [0.4, 0.5) is 0 Å². The Bertz CT molecular complexity index is 254. The van der Waals surface area contributed by atoms with E-state index in [0.717, 1.165) is 0 Å². The van der Waals surface area contributed by atoms with Crippen LogP contribution in [0.3, 0.4) is 0 Å². The Morgan fingerprint density at radius 3 is 2.71 bits per heavy atom. The number of aliphatic hydroxyl groups excluding tert-OH is 1. The molecule has 1 aliphatic heterocycles. The van der Waals surface area contributed by atoms with E-state index < -0.39 is 5.54 Å². The molecule has 14 heavy (non-hydrogen) atoms. The largest absolute Gasteiger partial charge is 0.396 e. The van der Waals surface area contributed by atoms with Gasteiger partial charge in [0.2, 0.25) is 11.8 Å². The summed E-state index contributed by atoms with van der Waals surface area (Å²) >= 11 is 0. The number of carbonyl (C=O) groups excluding carboxylic acids is 2. The predicted octanol–water partition coefficient (Wildman–Crippen LogP) is -0.894. The first-order chi connectivity index (χ1) is 6.50. The van der Waals surface area contributed by atoms with E-state index in [-0.39, 0.29) is 25.0 Å². The van der Waals surface area contributed by atoms with Crippen LogP contribution in [0.1, 0.15) is 19.8 Å². The van der Waals surface area contributed by atoms with Crippen LogP contribution < -0.4 is 5.32 Å². The SMILES string of the molecule is CN1CC(=O)NC(=O)C1(C)CCCO. The molecule has 80 valence electrons. The standard InChI is InChI=1S/C9H16N2O3/c1-9(4-3-5-12)8(14)10-7(13)6-11(9)2/h12H,3-6H2,1-2H3,(H,10,13,14). The second-order valence-corrected chi connectivity index (χ2v) is 3.83. The van der Waals surface area contributed by atoms with Gasteiger partial charge in [-0.05, 0) is 26.8 Å². The highest BCUT2D eigenvalue weighted by Crippen LogP contribution is 2.22. The fourth-order valence-corrected chi connectivity index (χ4v) is 1.59. The number of amides is 2. The maximum absolute atomic E-state index is 11.6. The van der Waals surface area contributed by atoms with Gasteiger partial charge in [-0.3, -0.25) is 19.8 Å². The maximum Gasteiger partial charge on any atom is 0.246 e. The number of imide groups is 1. The van der Waals surface area contributed by atoms with Gasteiger partial charge in [0.15, 0.2) is 0 Å². The number of piperazine rings is 1. The van der Waals surface area contributed by atoms with Crippen LogP contribution in [0.15, 0.2) is 0 Å². The van der Waals surface area contributed by atoms with E-state index in [9.17, 15) is 9.59 Å². The van der Waals surface area contributed by atoms with E-state index >= 15 is 0 Å². The third-order valence-electron chi connectivity index (χ3n) is 2.79. The van der Waals surface area contributed by atoms with Gasteiger partial charge in [0.25, 0.3) is 0 Å². The molecule has 2 amide bonds. The minimum absolute atomic E-state index is 0.0602. The second kappa shape index (κ2) is 4.06. The summed E-state index contributed by atoms with van der Waals surface area (Å²) in [5.74, 6) is -0.538. The average Bonchev–Trinajstić information content (AvgIpc) is 2.11. The van der Waals surface area contributed by atoms with E-state index in [1.807, 2.05) is 0 Å². The summed E-state index contributed by atoms with van der Waals surface area (Å²) in [5.41, 5.74) is -0.670. The maximum atomic E-state index is 11.6. The Labute approximate surface area is 83.1 Å². The second-order valence-electron chi connectivity index (χ2n) is 3.83. The molecule has 2 N–H and O–H groups in total. The molecule has 1 aliphatic rings. The van der Waals surface area contributed by atoms with Gasteiger partial charge in [0.05, 0.1) is 12.1 Å². The third-order valence-corrected chi connectivity index (χ3v) is 2.79. The van der Waals surface area contributed by atoms with Gasteiger partial charge in [-0.15, -0.1) is 0 Å². The number of aliphatic hydroxyl groups is 1. The molecule has 1 fully saturated rings. The molecular weight excluding hydrogens is 184 g/mol. The molecule has 0 aromatic heterocycles. The number of rotatable bonds is 3. The van der Waals surface area contributed by atoms with Crippen molar-refractivity contribution >= 4 is 11.8 Å². The molecule has 0 aromatic rings. The molecule has 5 heteroatoms. The smallest absolute Gasteiger partial charge is 0.246 e. The van der Waals surface area contributed by atoms with E-state index in [4.69, 9.17) is 5.11 Å². The molecule has 0 spiro atoms. The monoisotopic (exact) mass is 200 g/mol. The van der Waals surface area contributed by atoms with E-state index in [0.29, 0.717) is 12.8 Å². The fourth-order valence-electron chi connectivity index (χ4n) is 1.59. The van der Waals surface area contributed by atoms with Gasteiger partial charge in [0.1, 0.15) is 0 Å². The van der Waals surface area contributed by atoms with Crippen molar-refractivity contribution in [2.75, 3.05) is 20.2 Å². The van der Waals surface area contributed by atoms with Crippen molar-refractivity contribution in [3.63, 3.8) is 0 Å². The number of nitrogens with zero attached hydrogens (tertiary/aromatic N) is 1. The topological polar surface area (TPSA) is 69.6 Å². The van der Waals surface area contributed by atoms with Crippen molar-refractivity contribution in [1.29, 1.82) is 0 Å². The highest BCUT2D eigenvalue weighted by molar-refractivity contribution is 6.03. The van der Waals surface area contributed by atoms with Crippen LogP contribution in [-0.4, -0.2) is 47.6 Å². The Balaban J connectivity index is 2.73. The quantitative estimate of drug-likeness (QED) is 0.580. The zero-order chi connectivity index (χ0) is 10.8. The molecule has 5 nitrogen and oxygen atoms in total. The molecule has 1 rings (SSSR count). The number of likely N-dealkylation sites (N-methyl/N-ethyl adjacent to an activating group) is 1. The van der Waals surface area contributed by atoms with Crippen molar-refractivity contribution in [2.45, 2.75) is 25.3 Å². The van der Waals surface area contributed by atoms with Crippen molar-refractivity contribution < 1.29 is 14.7 Å². The molecule has 1 unspecified atom stereocenters. The lowest BCUT2D eigenvalue weighted by Crippen LogP contribution is -2.64. The van der Waals surface area contributed by atoms with Gasteiger partial charge in [-0.1, -0.05) is 0 Å². The van der Waals surface area contributed by atoms with Gasteiger partial charge in [-0.2, -0.15) is 0 Å². The van der Waals surface area contributed by atoms with Gasteiger partial charge in [0, 0.05) is 6.61 Å². The van der Waals surface area contributed by atoms with Crippen LogP contribution in [0, 0.1) is 0 Å². The Hall–Kier alpha value is -0.940. The molecule has 1 heterocycles. The molecule has 0 bridgehead atoms. The lowest BCUT2D eigenvalue weighted by Gasteiger charge is -2.40. The van der Waals surface area contributed by atoms with Gasteiger partial charge >= 0.3 is 0 Å². The van der Waals surface area contributed by atoms with E-state index in [1.165, 1.54) is 0 Å². The Kier molecular flexibility index (Phi) is 3.23. The van der Waals surface area contributed by atoms with Crippen LogP contribution in [0.25, 0.3) is 0 Å². The van der Waals surface area contributed by atoms with Crippen molar-refractivity contribution in [2.24, 2.45) is 0 Å². The Morgan fingerprint density at radius 1 is 1.57 bits per heavy atom. The highest BCUT2D eigenvalue weighted by atomic mass is 16.3. The van der Waals surface area contributed by atoms with Crippen molar-refractivity contribution in [3.8, 4) is 0 Å².